The van der Waals surface area contributed by atoms with Crippen LogP contribution in [0.5, 0.6) is 0 Å². The predicted molar refractivity (Wildman–Crippen MR) is 63.4 cm³/mol. The Morgan fingerprint density at radius 1 is 1.00 bits per heavy atom. The predicted octanol–water partition coefficient (Wildman–Crippen LogP) is 3.42. The molecule has 19 heavy (non-hydrogen) atoms. The van der Waals surface area contributed by atoms with Crippen molar-refractivity contribution in [3.63, 3.8) is 0 Å². The van der Waals surface area contributed by atoms with E-state index in [9.17, 15) is 13.2 Å². The quantitative estimate of drug-likeness (QED) is 0.673. The lowest BCUT2D eigenvalue weighted by Gasteiger charge is -2.07. The second kappa shape index (κ2) is 4.08. The van der Waals surface area contributed by atoms with Crippen molar-refractivity contribution in [2.45, 2.75) is 6.18 Å². The molecule has 0 aliphatic carbocycles. The zero-order valence-corrected chi connectivity index (χ0v) is 9.59. The van der Waals surface area contributed by atoms with E-state index in [1.54, 1.807) is 29.2 Å². The van der Waals surface area contributed by atoms with E-state index in [1.165, 1.54) is 12.1 Å². The van der Waals surface area contributed by atoms with Gasteiger partial charge in [0.05, 0.1) is 23.7 Å². The van der Waals surface area contributed by atoms with Gasteiger partial charge in [0, 0.05) is 18.0 Å². The lowest BCUT2D eigenvalue weighted by Crippen LogP contribution is -2.04. The first kappa shape index (κ1) is 11.7. The summed E-state index contributed by atoms with van der Waals surface area (Å²) in [6, 6.07) is 5.01. The second-order valence-corrected chi connectivity index (χ2v) is 4.02. The van der Waals surface area contributed by atoms with Crippen molar-refractivity contribution in [3.05, 3.63) is 54.6 Å². The normalized spacial score (nSPS) is 11.9. The Hall–Kier alpha value is -2.37. The van der Waals surface area contributed by atoms with E-state index in [0.29, 0.717) is 11.2 Å². The van der Waals surface area contributed by atoms with Gasteiger partial charge < -0.3 is 0 Å². The van der Waals surface area contributed by atoms with E-state index in [2.05, 4.69) is 9.97 Å². The summed E-state index contributed by atoms with van der Waals surface area (Å²) in [5.41, 5.74) is 1.39. The van der Waals surface area contributed by atoms with Gasteiger partial charge in [0.1, 0.15) is 0 Å². The number of rotatable bonds is 1. The third-order valence-corrected chi connectivity index (χ3v) is 2.83. The Balaban J connectivity index is 2.07. The minimum atomic E-state index is -4.32. The van der Waals surface area contributed by atoms with Crippen LogP contribution in [-0.4, -0.2) is 14.4 Å². The average molecular weight is 263 g/mol. The molecule has 3 rings (SSSR count). The van der Waals surface area contributed by atoms with Crippen LogP contribution < -0.4 is 0 Å². The van der Waals surface area contributed by atoms with Crippen LogP contribution in [0.2, 0.25) is 0 Å². The summed E-state index contributed by atoms with van der Waals surface area (Å²) in [6.45, 7) is 0. The van der Waals surface area contributed by atoms with E-state index < -0.39 is 11.7 Å². The summed E-state index contributed by atoms with van der Waals surface area (Å²) >= 11 is 0. The third-order valence-electron chi connectivity index (χ3n) is 2.83. The van der Waals surface area contributed by atoms with Crippen LogP contribution in [-0.2, 0) is 6.18 Å². The van der Waals surface area contributed by atoms with Gasteiger partial charge in [-0.1, -0.05) is 12.1 Å². The van der Waals surface area contributed by atoms with E-state index >= 15 is 0 Å². The Morgan fingerprint density at radius 3 is 2.42 bits per heavy atom. The summed E-state index contributed by atoms with van der Waals surface area (Å²) in [7, 11) is 0. The Kier molecular flexibility index (Phi) is 2.51. The van der Waals surface area contributed by atoms with Gasteiger partial charge in [0.2, 0.25) is 0 Å². The SMILES string of the molecule is FC(F)(F)c1ccc(-c2cnc3cnccn23)cc1. The number of alkyl halides is 3. The zero-order valence-electron chi connectivity index (χ0n) is 9.59. The van der Waals surface area contributed by atoms with Crippen molar-refractivity contribution in [1.82, 2.24) is 14.4 Å². The van der Waals surface area contributed by atoms with Gasteiger partial charge in [-0.15, -0.1) is 0 Å². The fraction of sp³-hybridized carbons (Fsp3) is 0.0769. The summed E-state index contributed by atoms with van der Waals surface area (Å²) in [6.07, 6.45) is 2.20. The Labute approximate surface area is 106 Å². The zero-order chi connectivity index (χ0) is 13.5. The average Bonchev–Trinajstić information content (AvgIpc) is 2.82. The highest BCUT2D eigenvalue weighted by Crippen LogP contribution is 2.31. The van der Waals surface area contributed by atoms with Gasteiger partial charge in [-0.3, -0.25) is 9.38 Å². The van der Waals surface area contributed by atoms with Gasteiger partial charge in [-0.2, -0.15) is 13.2 Å². The number of hydrogen-bond acceptors (Lipinski definition) is 2. The standard InChI is InChI=1S/C13H8F3N3/c14-13(15,16)10-3-1-9(2-4-10)11-7-18-12-8-17-5-6-19(11)12/h1-8H. The minimum Gasteiger partial charge on any atom is -0.297 e. The molecule has 96 valence electrons. The maximum absolute atomic E-state index is 12.5. The molecule has 0 N–H and O–H groups in total. The number of hydrogen-bond donors (Lipinski definition) is 0. The van der Waals surface area contributed by atoms with E-state index in [4.69, 9.17) is 0 Å². The molecule has 3 aromatic rings. The molecule has 0 spiro atoms. The Bertz CT molecular complexity index is 714. The molecular formula is C13H8F3N3. The number of fused-ring (bicyclic) bond motifs is 1. The fourth-order valence-electron chi connectivity index (χ4n) is 1.89. The van der Waals surface area contributed by atoms with Crippen molar-refractivity contribution in [2.75, 3.05) is 0 Å². The van der Waals surface area contributed by atoms with Crippen LogP contribution in [0.15, 0.2) is 49.1 Å². The van der Waals surface area contributed by atoms with Crippen LogP contribution >= 0.6 is 0 Å². The van der Waals surface area contributed by atoms with Gasteiger partial charge in [-0.05, 0) is 12.1 Å². The van der Waals surface area contributed by atoms with Crippen molar-refractivity contribution in [1.29, 1.82) is 0 Å². The first-order valence-electron chi connectivity index (χ1n) is 5.50. The third kappa shape index (κ3) is 2.05. The van der Waals surface area contributed by atoms with Crippen LogP contribution in [0.1, 0.15) is 5.56 Å². The summed E-state index contributed by atoms with van der Waals surface area (Å²) in [5, 5.41) is 0. The first-order chi connectivity index (χ1) is 9.05. The summed E-state index contributed by atoms with van der Waals surface area (Å²) in [5.74, 6) is 0. The van der Waals surface area contributed by atoms with Crippen molar-refractivity contribution in [2.24, 2.45) is 0 Å². The minimum absolute atomic E-state index is 0.650. The molecule has 0 saturated heterocycles. The number of benzene rings is 1. The monoisotopic (exact) mass is 263 g/mol. The van der Waals surface area contributed by atoms with E-state index in [-0.39, 0.29) is 0 Å². The molecule has 0 aliphatic heterocycles. The second-order valence-electron chi connectivity index (χ2n) is 4.02. The molecule has 0 atom stereocenters. The van der Waals surface area contributed by atoms with E-state index in [0.717, 1.165) is 17.8 Å². The molecule has 0 bridgehead atoms. The van der Waals surface area contributed by atoms with Crippen LogP contribution in [0.25, 0.3) is 16.9 Å². The molecule has 6 heteroatoms. The van der Waals surface area contributed by atoms with E-state index in [1.807, 2.05) is 0 Å². The van der Waals surface area contributed by atoms with Crippen LogP contribution in [0.4, 0.5) is 13.2 Å². The lowest BCUT2D eigenvalue weighted by atomic mass is 10.1. The highest BCUT2D eigenvalue weighted by atomic mass is 19.4. The molecule has 0 fully saturated rings. The van der Waals surface area contributed by atoms with Crippen molar-refractivity contribution < 1.29 is 13.2 Å². The van der Waals surface area contributed by atoms with Crippen molar-refractivity contribution in [3.8, 4) is 11.3 Å². The highest BCUT2D eigenvalue weighted by molar-refractivity contribution is 5.63. The molecule has 0 unspecified atom stereocenters. The smallest absolute Gasteiger partial charge is 0.297 e. The van der Waals surface area contributed by atoms with Gasteiger partial charge in [-0.25, -0.2) is 4.98 Å². The topological polar surface area (TPSA) is 30.2 Å². The lowest BCUT2D eigenvalue weighted by molar-refractivity contribution is -0.137. The molecule has 3 nitrogen and oxygen atoms in total. The number of imidazole rings is 1. The molecule has 2 aromatic heterocycles. The largest absolute Gasteiger partial charge is 0.416 e. The van der Waals surface area contributed by atoms with Gasteiger partial charge in [0.15, 0.2) is 5.65 Å². The number of halogens is 3. The molecule has 0 amide bonds. The van der Waals surface area contributed by atoms with Gasteiger partial charge >= 0.3 is 6.18 Å². The maximum atomic E-state index is 12.5. The Morgan fingerprint density at radius 2 is 1.74 bits per heavy atom. The molecule has 0 radical (unpaired) electrons. The number of aromatic nitrogens is 3. The molecule has 1 aromatic carbocycles. The van der Waals surface area contributed by atoms with Crippen molar-refractivity contribution >= 4 is 5.65 Å². The maximum Gasteiger partial charge on any atom is 0.416 e. The summed E-state index contributed by atoms with van der Waals surface area (Å²) < 4.78 is 39.2. The fourth-order valence-corrected chi connectivity index (χ4v) is 1.89. The van der Waals surface area contributed by atoms with Crippen LogP contribution in [0.3, 0.4) is 0 Å². The molecule has 0 saturated carbocycles. The van der Waals surface area contributed by atoms with Crippen LogP contribution in [0, 0.1) is 0 Å². The molecule has 2 heterocycles. The first-order valence-corrected chi connectivity index (χ1v) is 5.50. The van der Waals surface area contributed by atoms with Gasteiger partial charge in [0.25, 0.3) is 0 Å². The number of nitrogens with zero attached hydrogens (tertiary/aromatic N) is 3. The highest BCUT2D eigenvalue weighted by Gasteiger charge is 2.30. The summed E-state index contributed by atoms with van der Waals surface area (Å²) in [4.78, 5) is 8.08. The molecular weight excluding hydrogens is 255 g/mol. The molecule has 0 aliphatic rings.